The summed E-state index contributed by atoms with van der Waals surface area (Å²) < 4.78 is 19.4. The number of aliphatic hydroxyl groups is 1. The summed E-state index contributed by atoms with van der Waals surface area (Å²) in [5, 5.41) is 8.32. The molecule has 0 unspecified atom stereocenters. The fourth-order valence-electron chi connectivity index (χ4n) is 1.06. The van der Waals surface area contributed by atoms with Gasteiger partial charge < -0.3 is 24.1 Å². The Morgan fingerprint density at radius 3 is 1.70 bits per heavy atom. The average Bonchev–Trinajstić information content (AvgIpc) is 2.47. The van der Waals surface area contributed by atoms with Crippen molar-refractivity contribution in [3.63, 3.8) is 0 Å². The van der Waals surface area contributed by atoms with Crippen LogP contribution in [0.4, 0.5) is 0 Å². The van der Waals surface area contributed by atoms with Crippen molar-refractivity contribution in [1.82, 2.24) is 0 Å². The third kappa shape index (κ3) is 26.0. The zero-order valence-electron chi connectivity index (χ0n) is 13.0. The number of rotatable bonds is 12. The third-order valence-electron chi connectivity index (χ3n) is 1.93. The molecule has 0 spiro atoms. The molecule has 0 aliphatic heterocycles. The molecule has 20 heavy (non-hydrogen) atoms. The maximum Gasteiger partial charge on any atom is 0.146 e. The van der Waals surface area contributed by atoms with E-state index in [0.29, 0.717) is 20.2 Å². The average molecular weight is 290 g/mol. The van der Waals surface area contributed by atoms with Gasteiger partial charge in [0.15, 0.2) is 0 Å². The summed E-state index contributed by atoms with van der Waals surface area (Å²) in [6.45, 7) is 4.36. The van der Waals surface area contributed by atoms with E-state index in [9.17, 15) is 0 Å². The molecular weight excluding hydrogens is 260 g/mol. The van der Waals surface area contributed by atoms with Gasteiger partial charge >= 0.3 is 0 Å². The molecule has 0 aliphatic rings. The molecular formula is C15H30O5. The van der Waals surface area contributed by atoms with Crippen molar-refractivity contribution in [1.29, 1.82) is 0 Å². The van der Waals surface area contributed by atoms with Gasteiger partial charge in [0.1, 0.15) is 13.6 Å². The largest absolute Gasteiger partial charge is 0.392 e. The van der Waals surface area contributed by atoms with Gasteiger partial charge in [-0.3, -0.25) is 0 Å². The lowest BCUT2D eigenvalue weighted by Crippen LogP contribution is -1.96. The third-order valence-corrected chi connectivity index (χ3v) is 1.93. The van der Waals surface area contributed by atoms with Crippen LogP contribution in [-0.4, -0.2) is 52.7 Å². The highest BCUT2D eigenvalue weighted by Gasteiger charge is 1.81. The molecule has 0 saturated heterocycles. The quantitative estimate of drug-likeness (QED) is 0.340. The van der Waals surface area contributed by atoms with Crippen LogP contribution >= 0.6 is 0 Å². The SMILES string of the molecule is CC/C=C/CCOCOC.COCOCC/C=C/CO. The van der Waals surface area contributed by atoms with Gasteiger partial charge in [-0.15, -0.1) is 0 Å². The van der Waals surface area contributed by atoms with Crippen molar-refractivity contribution in [2.24, 2.45) is 0 Å². The second-order valence-electron chi connectivity index (χ2n) is 3.74. The van der Waals surface area contributed by atoms with Crippen molar-refractivity contribution < 1.29 is 24.1 Å². The smallest absolute Gasteiger partial charge is 0.146 e. The highest BCUT2D eigenvalue weighted by Crippen LogP contribution is 1.87. The summed E-state index contributed by atoms with van der Waals surface area (Å²) in [6.07, 6.45) is 10.7. The first-order chi connectivity index (χ1) is 9.83. The molecule has 0 aliphatic carbocycles. The van der Waals surface area contributed by atoms with Crippen LogP contribution in [0.25, 0.3) is 0 Å². The van der Waals surface area contributed by atoms with Gasteiger partial charge in [0.25, 0.3) is 0 Å². The van der Waals surface area contributed by atoms with Crippen LogP contribution in [0.2, 0.25) is 0 Å². The normalized spacial score (nSPS) is 11.0. The van der Waals surface area contributed by atoms with E-state index in [-0.39, 0.29) is 6.61 Å². The highest BCUT2D eigenvalue weighted by molar-refractivity contribution is 4.80. The monoisotopic (exact) mass is 290 g/mol. The van der Waals surface area contributed by atoms with E-state index in [1.54, 1.807) is 20.3 Å². The van der Waals surface area contributed by atoms with Gasteiger partial charge in [0.2, 0.25) is 0 Å². The van der Waals surface area contributed by atoms with E-state index in [1.165, 1.54) is 0 Å². The molecule has 0 saturated carbocycles. The Hall–Kier alpha value is -0.720. The van der Waals surface area contributed by atoms with Gasteiger partial charge in [0, 0.05) is 14.2 Å². The molecule has 0 atom stereocenters. The number of methoxy groups -OCH3 is 2. The van der Waals surface area contributed by atoms with Crippen LogP contribution in [-0.2, 0) is 18.9 Å². The molecule has 0 aromatic heterocycles. The van der Waals surface area contributed by atoms with Crippen LogP contribution in [0.15, 0.2) is 24.3 Å². The zero-order valence-corrected chi connectivity index (χ0v) is 13.0. The minimum Gasteiger partial charge on any atom is -0.392 e. The minimum absolute atomic E-state index is 0.101. The molecule has 0 heterocycles. The van der Waals surface area contributed by atoms with Crippen molar-refractivity contribution in [3.8, 4) is 0 Å². The molecule has 5 nitrogen and oxygen atoms in total. The molecule has 0 radical (unpaired) electrons. The lowest BCUT2D eigenvalue weighted by molar-refractivity contribution is -0.0287. The topological polar surface area (TPSA) is 57.2 Å². The molecule has 120 valence electrons. The Bertz CT molecular complexity index is 182. The van der Waals surface area contributed by atoms with E-state index in [4.69, 9.17) is 19.3 Å². The Kier molecular flexibility index (Phi) is 25.2. The fraction of sp³-hybridized carbons (Fsp3) is 0.733. The number of aliphatic hydroxyl groups excluding tert-OH is 1. The summed E-state index contributed by atoms with van der Waals surface area (Å²) in [7, 11) is 3.21. The number of hydrogen-bond donors (Lipinski definition) is 1. The first-order valence-electron chi connectivity index (χ1n) is 6.87. The van der Waals surface area contributed by atoms with E-state index in [1.807, 2.05) is 6.08 Å². The van der Waals surface area contributed by atoms with Crippen LogP contribution in [0.5, 0.6) is 0 Å². The van der Waals surface area contributed by atoms with Crippen LogP contribution in [0.3, 0.4) is 0 Å². The lowest BCUT2D eigenvalue weighted by atomic mass is 10.3. The van der Waals surface area contributed by atoms with E-state index >= 15 is 0 Å². The Balaban J connectivity index is 0. The Morgan fingerprint density at radius 2 is 1.30 bits per heavy atom. The summed E-state index contributed by atoms with van der Waals surface area (Å²) in [6, 6.07) is 0. The number of allylic oxidation sites excluding steroid dienone is 1. The molecule has 5 heteroatoms. The maximum atomic E-state index is 8.32. The van der Waals surface area contributed by atoms with E-state index < -0.39 is 0 Å². The summed E-state index contributed by atoms with van der Waals surface area (Å²) in [4.78, 5) is 0. The van der Waals surface area contributed by atoms with Crippen molar-refractivity contribution in [3.05, 3.63) is 24.3 Å². The van der Waals surface area contributed by atoms with Crippen molar-refractivity contribution in [2.75, 3.05) is 47.6 Å². The summed E-state index contributed by atoms with van der Waals surface area (Å²) in [5.74, 6) is 0. The van der Waals surface area contributed by atoms with E-state index in [2.05, 4.69) is 23.8 Å². The zero-order chi connectivity index (χ0) is 15.3. The first kappa shape index (κ1) is 21.6. The molecule has 1 N–H and O–H groups in total. The first-order valence-corrected chi connectivity index (χ1v) is 6.87. The molecule has 0 rings (SSSR count). The standard InChI is InChI=1S/C8H16O2.C7H14O3/c1-3-4-5-6-7-10-8-9-2;1-9-7-10-6-4-2-3-5-8/h4-5H,3,6-8H2,1-2H3;2-3,8H,4-7H2,1H3/b5-4+;3-2+. The van der Waals surface area contributed by atoms with Gasteiger partial charge in [0.05, 0.1) is 19.8 Å². The number of hydrogen-bond acceptors (Lipinski definition) is 5. The molecule has 0 bridgehead atoms. The summed E-state index contributed by atoms with van der Waals surface area (Å²) >= 11 is 0. The second kappa shape index (κ2) is 23.4. The summed E-state index contributed by atoms with van der Waals surface area (Å²) in [5.41, 5.74) is 0. The molecule has 0 fully saturated rings. The van der Waals surface area contributed by atoms with Gasteiger partial charge in [-0.25, -0.2) is 0 Å². The van der Waals surface area contributed by atoms with Crippen LogP contribution in [0, 0.1) is 0 Å². The van der Waals surface area contributed by atoms with Gasteiger partial charge in [-0.2, -0.15) is 0 Å². The second-order valence-corrected chi connectivity index (χ2v) is 3.74. The van der Waals surface area contributed by atoms with Crippen molar-refractivity contribution in [2.45, 2.75) is 26.2 Å². The highest BCUT2D eigenvalue weighted by atomic mass is 16.7. The van der Waals surface area contributed by atoms with Gasteiger partial charge in [-0.05, 0) is 19.3 Å². The molecule has 0 aromatic carbocycles. The maximum absolute atomic E-state index is 8.32. The minimum atomic E-state index is 0.101. The fourth-order valence-corrected chi connectivity index (χ4v) is 1.06. The van der Waals surface area contributed by atoms with Crippen LogP contribution in [0.1, 0.15) is 26.2 Å². The predicted molar refractivity (Wildman–Crippen MR) is 80.5 cm³/mol. The molecule has 0 aromatic rings. The molecule has 0 amide bonds. The Labute approximate surface area is 123 Å². The van der Waals surface area contributed by atoms with E-state index in [0.717, 1.165) is 25.9 Å². The van der Waals surface area contributed by atoms with Crippen LogP contribution < -0.4 is 0 Å². The Morgan fingerprint density at radius 1 is 0.800 bits per heavy atom. The predicted octanol–water partition coefficient (Wildman–Crippen LogP) is 2.51. The lowest BCUT2D eigenvalue weighted by Gasteiger charge is -1.97. The van der Waals surface area contributed by atoms with Crippen molar-refractivity contribution >= 4 is 0 Å². The number of ether oxygens (including phenoxy) is 4. The van der Waals surface area contributed by atoms with Gasteiger partial charge in [-0.1, -0.05) is 31.2 Å².